The van der Waals surface area contributed by atoms with Crippen LogP contribution in [0.1, 0.15) is 75.4 Å². The van der Waals surface area contributed by atoms with Gasteiger partial charge in [-0.3, -0.25) is 4.79 Å². The van der Waals surface area contributed by atoms with Gasteiger partial charge in [-0.25, -0.2) is 9.78 Å². The third-order valence-corrected chi connectivity index (χ3v) is 10.8. The summed E-state index contributed by atoms with van der Waals surface area (Å²) >= 11 is 0. The van der Waals surface area contributed by atoms with Crippen molar-refractivity contribution in [3.8, 4) is 5.75 Å². The molecule has 0 bridgehead atoms. The van der Waals surface area contributed by atoms with Crippen molar-refractivity contribution in [2.24, 2.45) is 17.8 Å². The molecule has 48 heavy (non-hydrogen) atoms. The number of benzene rings is 3. The lowest BCUT2D eigenvalue weighted by Crippen LogP contribution is -2.51. The number of H-pyrrole nitrogens is 1. The van der Waals surface area contributed by atoms with Gasteiger partial charge >= 0.3 is 6.09 Å². The van der Waals surface area contributed by atoms with Gasteiger partial charge in [0.15, 0.2) is 0 Å². The fraction of sp³-hybridized carbons (Fsp3) is 0.375. The number of likely N-dealkylation sites (tertiary alicyclic amines) is 1. The van der Waals surface area contributed by atoms with Gasteiger partial charge in [-0.05, 0) is 108 Å². The van der Waals surface area contributed by atoms with E-state index in [-0.39, 0.29) is 23.6 Å². The van der Waals surface area contributed by atoms with Crippen molar-refractivity contribution in [2.75, 3.05) is 13.7 Å². The van der Waals surface area contributed by atoms with Crippen LogP contribution in [0.3, 0.4) is 0 Å². The van der Waals surface area contributed by atoms with Gasteiger partial charge in [0, 0.05) is 11.9 Å². The second-order valence-electron chi connectivity index (χ2n) is 13.9. The first-order chi connectivity index (χ1) is 23.2. The van der Waals surface area contributed by atoms with Gasteiger partial charge in [-0.15, -0.1) is 0 Å². The Morgan fingerprint density at radius 1 is 1.04 bits per heavy atom. The lowest BCUT2D eigenvalue weighted by Gasteiger charge is -2.39. The summed E-state index contributed by atoms with van der Waals surface area (Å²) in [5.74, 6) is 1.91. The number of aromatic hydroxyl groups is 1. The minimum Gasteiger partial charge on any atom is -0.507 e. The number of imidazole rings is 1. The van der Waals surface area contributed by atoms with Gasteiger partial charge < -0.3 is 25.0 Å². The summed E-state index contributed by atoms with van der Waals surface area (Å²) in [6.45, 7) is 9.09. The summed E-state index contributed by atoms with van der Waals surface area (Å²) < 4.78 is 4.79. The number of nitrogens with zero attached hydrogens (tertiary/aromatic N) is 2. The minimum absolute atomic E-state index is 0.0907. The molecule has 1 saturated heterocycles. The van der Waals surface area contributed by atoms with E-state index in [4.69, 9.17) is 9.72 Å². The van der Waals surface area contributed by atoms with Crippen molar-refractivity contribution in [3.63, 3.8) is 0 Å². The number of fused-ring (bicyclic) bond motifs is 3. The molecule has 3 N–H and O–H groups in total. The quantitative estimate of drug-likeness (QED) is 0.196. The van der Waals surface area contributed by atoms with Crippen LogP contribution in [0.15, 0.2) is 78.9 Å². The molecule has 7 rings (SSSR count). The molecule has 2 unspecified atom stereocenters. The summed E-state index contributed by atoms with van der Waals surface area (Å²) in [5, 5.41) is 15.2. The van der Waals surface area contributed by atoms with Gasteiger partial charge in [-0.1, -0.05) is 69.0 Å². The number of carbonyl (C=O) groups is 2. The van der Waals surface area contributed by atoms with Gasteiger partial charge in [-0.2, -0.15) is 0 Å². The van der Waals surface area contributed by atoms with E-state index in [1.54, 1.807) is 6.07 Å². The van der Waals surface area contributed by atoms with Gasteiger partial charge in [0.25, 0.3) is 0 Å². The standard InChI is InChI=1S/C40H44N4O4/c1-23(2)37(43-40(47)48-4)39(46)44-21-7-10-35(44)38-41-33-19-15-27(22-34(33)42-38)25-11-12-26-14-16-28(26)24(3)29(17-13-25)31-18-20-36(45)32-9-6-5-8-30(31)32/h5-6,8-9,13,15,17-20,22-23,26,28,35,37,45H,3,7,10-12,14,16,21H2,1-2,4H3,(H,41,42)(H,43,47)/b25-13+,29-17+/t26?,28?,35-,37-/m0/s1. The van der Waals surface area contributed by atoms with Gasteiger partial charge in [0.1, 0.15) is 17.6 Å². The maximum absolute atomic E-state index is 13.7. The van der Waals surface area contributed by atoms with Crippen molar-refractivity contribution < 1.29 is 19.4 Å². The first kappa shape index (κ1) is 31.7. The number of aromatic nitrogens is 2. The van der Waals surface area contributed by atoms with Crippen LogP contribution in [0, 0.1) is 17.8 Å². The molecular formula is C40H44N4O4. The van der Waals surface area contributed by atoms with Crippen LogP contribution < -0.4 is 5.32 Å². The molecule has 1 aromatic heterocycles. The Bertz CT molecular complexity index is 1970. The number of phenolic OH excluding ortho intramolecular Hbond substituents is 1. The van der Waals surface area contributed by atoms with Crippen molar-refractivity contribution >= 4 is 45.0 Å². The SMILES string of the molecule is C=C1/C(c2ccc(O)c3ccccc23)=C\C=C(\c2ccc3nc([C@@H]4CCCN4C(=O)[C@@H](NC(=O)OC)C(C)C)[nH]c3c2)CCC2CCC12. The van der Waals surface area contributed by atoms with E-state index in [1.165, 1.54) is 24.7 Å². The van der Waals surface area contributed by atoms with Gasteiger partial charge in [0.05, 0.1) is 24.2 Å². The highest BCUT2D eigenvalue weighted by atomic mass is 16.5. The Morgan fingerprint density at radius 2 is 1.85 bits per heavy atom. The smallest absolute Gasteiger partial charge is 0.407 e. The molecule has 0 spiro atoms. The molecule has 2 aliphatic carbocycles. The molecule has 3 aromatic carbocycles. The molecule has 2 heterocycles. The third kappa shape index (κ3) is 5.78. The molecule has 2 fully saturated rings. The predicted octanol–water partition coefficient (Wildman–Crippen LogP) is 8.31. The number of rotatable bonds is 6. The van der Waals surface area contributed by atoms with Crippen LogP contribution in [0.4, 0.5) is 4.79 Å². The molecule has 2 amide bonds. The number of hydrogen-bond acceptors (Lipinski definition) is 5. The van der Waals surface area contributed by atoms with Crippen LogP contribution in [-0.2, 0) is 9.53 Å². The fourth-order valence-corrected chi connectivity index (χ4v) is 7.89. The summed E-state index contributed by atoms with van der Waals surface area (Å²) in [5.41, 5.74) is 7.64. The maximum atomic E-state index is 13.7. The number of nitrogens with one attached hydrogen (secondary N) is 2. The summed E-state index contributed by atoms with van der Waals surface area (Å²) in [4.78, 5) is 36.0. The number of aromatic amines is 1. The Morgan fingerprint density at radius 3 is 2.60 bits per heavy atom. The van der Waals surface area contributed by atoms with Gasteiger partial charge in [0.2, 0.25) is 5.91 Å². The largest absolute Gasteiger partial charge is 0.507 e. The molecule has 8 heteroatoms. The van der Waals surface area contributed by atoms with E-state index in [1.807, 2.05) is 43.0 Å². The Balaban J connectivity index is 1.22. The number of hydrogen-bond donors (Lipinski definition) is 3. The van der Waals surface area contributed by atoms with Crippen LogP contribution in [0.5, 0.6) is 5.75 Å². The Kier molecular flexibility index (Phi) is 8.58. The average molecular weight is 645 g/mol. The van der Waals surface area contributed by atoms with E-state index >= 15 is 0 Å². The molecule has 3 aliphatic rings. The molecule has 248 valence electrons. The molecule has 0 radical (unpaired) electrons. The van der Waals surface area contributed by atoms with E-state index in [0.717, 1.165) is 76.4 Å². The first-order valence-electron chi connectivity index (χ1n) is 17.2. The van der Waals surface area contributed by atoms with Crippen LogP contribution >= 0.6 is 0 Å². The molecule has 4 aromatic rings. The number of amides is 2. The highest BCUT2D eigenvalue weighted by molar-refractivity contribution is 6.01. The van der Waals surface area contributed by atoms with E-state index in [9.17, 15) is 14.7 Å². The first-order valence-corrected chi connectivity index (χ1v) is 17.2. The monoisotopic (exact) mass is 644 g/mol. The Labute approximate surface area is 281 Å². The summed E-state index contributed by atoms with van der Waals surface area (Å²) in [6, 6.07) is 17.4. The van der Waals surface area contributed by atoms with Crippen LogP contribution in [0.2, 0.25) is 0 Å². The molecular weight excluding hydrogens is 600 g/mol. The molecule has 8 nitrogen and oxygen atoms in total. The summed E-state index contributed by atoms with van der Waals surface area (Å²) in [7, 11) is 1.31. The predicted molar refractivity (Wildman–Crippen MR) is 190 cm³/mol. The number of allylic oxidation sites excluding steroid dienone is 5. The minimum atomic E-state index is -0.673. The van der Waals surface area contributed by atoms with E-state index in [0.29, 0.717) is 18.4 Å². The topological polar surface area (TPSA) is 108 Å². The zero-order valence-corrected chi connectivity index (χ0v) is 28.0. The summed E-state index contributed by atoms with van der Waals surface area (Å²) in [6.07, 6.45) is 10.00. The number of alkyl carbamates (subject to hydrolysis) is 1. The van der Waals surface area contributed by atoms with E-state index in [2.05, 4.69) is 53.3 Å². The molecule has 1 aliphatic heterocycles. The normalized spacial score (nSPS) is 24.0. The zero-order valence-electron chi connectivity index (χ0n) is 28.0. The number of methoxy groups -OCH3 is 1. The lowest BCUT2D eigenvalue weighted by molar-refractivity contribution is -0.135. The molecule has 4 atom stereocenters. The fourth-order valence-electron chi connectivity index (χ4n) is 7.89. The number of carbonyl (C=O) groups excluding carboxylic acids is 2. The van der Waals surface area contributed by atoms with Crippen LogP contribution in [0.25, 0.3) is 33.0 Å². The van der Waals surface area contributed by atoms with Crippen molar-refractivity contribution in [2.45, 2.75) is 64.5 Å². The van der Waals surface area contributed by atoms with Crippen molar-refractivity contribution in [1.82, 2.24) is 20.2 Å². The van der Waals surface area contributed by atoms with E-state index < -0.39 is 12.1 Å². The highest BCUT2D eigenvalue weighted by Gasteiger charge is 2.38. The number of ether oxygens (including phenoxy) is 1. The average Bonchev–Trinajstić information content (AvgIpc) is 3.74. The van der Waals surface area contributed by atoms with Crippen molar-refractivity contribution in [3.05, 3.63) is 95.9 Å². The third-order valence-electron chi connectivity index (χ3n) is 10.8. The highest BCUT2D eigenvalue weighted by Crippen LogP contribution is 2.49. The van der Waals surface area contributed by atoms with Crippen molar-refractivity contribution in [1.29, 1.82) is 0 Å². The molecule has 1 saturated carbocycles. The zero-order chi connectivity index (χ0) is 33.5. The second-order valence-corrected chi connectivity index (χ2v) is 13.9. The van der Waals surface area contributed by atoms with Crippen LogP contribution in [-0.4, -0.2) is 51.7 Å². The lowest BCUT2D eigenvalue weighted by atomic mass is 9.66. The maximum Gasteiger partial charge on any atom is 0.407 e. The number of phenols is 1. The Hall–Kier alpha value is -4.85. The second kappa shape index (κ2) is 13.0.